The molecule has 0 saturated carbocycles. The van der Waals surface area contributed by atoms with Crippen molar-refractivity contribution in [3.8, 4) is 5.75 Å². The van der Waals surface area contributed by atoms with Crippen LogP contribution in [0.3, 0.4) is 0 Å². The molecule has 1 aliphatic heterocycles. The second kappa shape index (κ2) is 3.81. The summed E-state index contributed by atoms with van der Waals surface area (Å²) in [6.07, 6.45) is 0.245. The third-order valence-electron chi connectivity index (χ3n) is 2.63. The summed E-state index contributed by atoms with van der Waals surface area (Å²) in [5, 5.41) is 8.83. The van der Waals surface area contributed by atoms with E-state index in [9.17, 15) is 4.79 Å². The monoisotopic (exact) mass is 207 g/mol. The summed E-state index contributed by atoms with van der Waals surface area (Å²) < 4.78 is 5.60. The van der Waals surface area contributed by atoms with Gasteiger partial charge in [0.1, 0.15) is 5.75 Å². The number of fused-ring (bicyclic) bond motifs is 1. The fraction of sp³-hybridized carbons (Fsp3) is 0.364. The van der Waals surface area contributed by atoms with E-state index in [0.29, 0.717) is 6.42 Å². The zero-order valence-corrected chi connectivity index (χ0v) is 8.51. The van der Waals surface area contributed by atoms with E-state index < -0.39 is 6.09 Å². The van der Waals surface area contributed by atoms with Gasteiger partial charge in [-0.1, -0.05) is 18.2 Å². The summed E-state index contributed by atoms with van der Waals surface area (Å²) in [7, 11) is 1.53. The highest BCUT2D eigenvalue weighted by Crippen LogP contribution is 2.27. The molecule has 0 bridgehead atoms. The van der Waals surface area contributed by atoms with Crippen molar-refractivity contribution in [1.82, 2.24) is 4.90 Å². The molecule has 0 radical (unpaired) electrons. The van der Waals surface area contributed by atoms with Gasteiger partial charge in [0, 0.05) is 13.5 Å². The Morgan fingerprint density at radius 3 is 3.00 bits per heavy atom. The second-order valence-electron chi connectivity index (χ2n) is 3.61. The molecule has 1 unspecified atom stereocenters. The number of hydrogen-bond acceptors (Lipinski definition) is 2. The highest BCUT2D eigenvalue weighted by Gasteiger charge is 2.25. The molecule has 1 aromatic carbocycles. The minimum Gasteiger partial charge on any atom is -0.470 e. The molecule has 0 aliphatic carbocycles. The van der Waals surface area contributed by atoms with E-state index >= 15 is 0 Å². The molecule has 80 valence electrons. The van der Waals surface area contributed by atoms with Crippen molar-refractivity contribution in [2.75, 3.05) is 7.05 Å². The Kier molecular flexibility index (Phi) is 2.49. The van der Waals surface area contributed by atoms with Crippen molar-refractivity contribution in [3.05, 3.63) is 29.8 Å². The first-order valence-corrected chi connectivity index (χ1v) is 4.89. The van der Waals surface area contributed by atoms with Crippen molar-refractivity contribution in [1.29, 1.82) is 0 Å². The van der Waals surface area contributed by atoms with Crippen LogP contribution in [0, 0.1) is 0 Å². The van der Waals surface area contributed by atoms with Crippen LogP contribution in [0.4, 0.5) is 4.79 Å². The van der Waals surface area contributed by atoms with Gasteiger partial charge >= 0.3 is 6.09 Å². The summed E-state index contributed by atoms with van der Waals surface area (Å²) in [6.45, 7) is 0. The first-order valence-electron chi connectivity index (χ1n) is 4.89. The fourth-order valence-corrected chi connectivity index (χ4v) is 1.71. The average Bonchev–Trinajstić information content (AvgIpc) is 2.27. The molecule has 0 fully saturated rings. The van der Waals surface area contributed by atoms with Crippen molar-refractivity contribution < 1.29 is 14.6 Å². The Labute approximate surface area is 88.1 Å². The first-order chi connectivity index (χ1) is 7.18. The van der Waals surface area contributed by atoms with Gasteiger partial charge in [-0.3, -0.25) is 4.90 Å². The zero-order chi connectivity index (χ0) is 10.8. The fourth-order valence-electron chi connectivity index (χ4n) is 1.71. The van der Waals surface area contributed by atoms with Crippen molar-refractivity contribution >= 4 is 6.09 Å². The van der Waals surface area contributed by atoms with Crippen LogP contribution < -0.4 is 4.74 Å². The molecule has 15 heavy (non-hydrogen) atoms. The van der Waals surface area contributed by atoms with E-state index in [2.05, 4.69) is 0 Å². The Balaban J connectivity index is 2.15. The van der Waals surface area contributed by atoms with Gasteiger partial charge in [-0.2, -0.15) is 0 Å². The number of nitrogens with zero attached hydrogens (tertiary/aromatic N) is 1. The highest BCUT2D eigenvalue weighted by molar-refractivity contribution is 5.64. The van der Waals surface area contributed by atoms with Crippen molar-refractivity contribution in [2.45, 2.75) is 19.1 Å². The lowest BCUT2D eigenvalue weighted by Gasteiger charge is -2.31. The predicted molar refractivity (Wildman–Crippen MR) is 55.0 cm³/mol. The van der Waals surface area contributed by atoms with Crippen molar-refractivity contribution in [2.24, 2.45) is 0 Å². The molecule has 1 N–H and O–H groups in total. The lowest BCUT2D eigenvalue weighted by atomic mass is 10.1. The highest BCUT2D eigenvalue weighted by atomic mass is 16.5. The summed E-state index contributed by atoms with van der Waals surface area (Å²) >= 11 is 0. The van der Waals surface area contributed by atoms with Gasteiger partial charge in [-0.25, -0.2) is 4.79 Å². The van der Waals surface area contributed by atoms with Gasteiger partial charge in [0.2, 0.25) is 0 Å². The number of para-hydroxylation sites is 1. The third-order valence-corrected chi connectivity index (χ3v) is 2.63. The number of carbonyl (C=O) groups is 1. The molecule has 0 aromatic heterocycles. The van der Waals surface area contributed by atoms with Crippen LogP contribution >= 0.6 is 0 Å². The van der Waals surface area contributed by atoms with Crippen LogP contribution in [0.1, 0.15) is 12.0 Å². The quantitative estimate of drug-likeness (QED) is 0.765. The lowest BCUT2D eigenvalue weighted by molar-refractivity contribution is 0.0321. The summed E-state index contributed by atoms with van der Waals surface area (Å²) in [5.41, 5.74) is 1.15. The molecular formula is C11H13NO3. The molecular weight excluding hydrogens is 194 g/mol. The normalized spacial score (nSPS) is 18.9. The molecule has 4 heteroatoms. The van der Waals surface area contributed by atoms with E-state index in [4.69, 9.17) is 9.84 Å². The largest absolute Gasteiger partial charge is 0.470 e. The molecule has 1 amide bonds. The van der Waals surface area contributed by atoms with Gasteiger partial charge in [0.15, 0.2) is 6.23 Å². The van der Waals surface area contributed by atoms with E-state index in [1.807, 2.05) is 24.3 Å². The van der Waals surface area contributed by atoms with Crippen LogP contribution in [0.5, 0.6) is 5.75 Å². The molecule has 1 atom stereocenters. The number of ether oxygens (including phenoxy) is 1. The standard InChI is InChI=1S/C11H13NO3/c1-12(11(13)14)10-7-6-8-4-2-3-5-9(8)15-10/h2-5,10H,6-7H2,1H3,(H,13,14). The first kappa shape index (κ1) is 9.83. The minimum atomic E-state index is -0.959. The molecule has 1 aliphatic rings. The van der Waals surface area contributed by atoms with Crippen LogP contribution in [-0.2, 0) is 6.42 Å². The van der Waals surface area contributed by atoms with Crippen LogP contribution in [-0.4, -0.2) is 29.4 Å². The lowest BCUT2D eigenvalue weighted by Crippen LogP contribution is -2.42. The number of amides is 1. The van der Waals surface area contributed by atoms with E-state index in [1.54, 1.807) is 0 Å². The number of rotatable bonds is 1. The van der Waals surface area contributed by atoms with Crippen molar-refractivity contribution in [3.63, 3.8) is 0 Å². The van der Waals surface area contributed by atoms with Crippen LogP contribution in [0.2, 0.25) is 0 Å². The number of hydrogen-bond donors (Lipinski definition) is 1. The third kappa shape index (κ3) is 1.88. The molecule has 4 nitrogen and oxygen atoms in total. The van der Waals surface area contributed by atoms with Gasteiger partial charge in [-0.15, -0.1) is 0 Å². The number of aryl methyl sites for hydroxylation is 1. The van der Waals surface area contributed by atoms with E-state index in [-0.39, 0.29) is 6.23 Å². The SMILES string of the molecule is CN(C(=O)O)C1CCc2ccccc2O1. The Morgan fingerprint density at radius 2 is 2.27 bits per heavy atom. The Hall–Kier alpha value is -1.71. The van der Waals surface area contributed by atoms with Gasteiger partial charge < -0.3 is 9.84 Å². The smallest absolute Gasteiger partial charge is 0.409 e. The maximum absolute atomic E-state index is 10.8. The van der Waals surface area contributed by atoms with Gasteiger partial charge in [0.25, 0.3) is 0 Å². The second-order valence-corrected chi connectivity index (χ2v) is 3.61. The van der Waals surface area contributed by atoms with Crippen LogP contribution in [0.15, 0.2) is 24.3 Å². The maximum Gasteiger partial charge on any atom is 0.409 e. The molecule has 1 aromatic rings. The Morgan fingerprint density at radius 1 is 1.53 bits per heavy atom. The zero-order valence-electron chi connectivity index (χ0n) is 8.51. The average molecular weight is 207 g/mol. The molecule has 0 spiro atoms. The van der Waals surface area contributed by atoms with E-state index in [0.717, 1.165) is 17.7 Å². The molecule has 0 saturated heterocycles. The van der Waals surface area contributed by atoms with Crippen LogP contribution in [0.25, 0.3) is 0 Å². The summed E-state index contributed by atoms with van der Waals surface area (Å²) in [5.74, 6) is 0.793. The maximum atomic E-state index is 10.8. The van der Waals surface area contributed by atoms with Gasteiger partial charge in [-0.05, 0) is 18.1 Å². The minimum absolute atomic E-state index is 0.364. The molecule has 1 heterocycles. The predicted octanol–water partition coefficient (Wildman–Crippen LogP) is 1.95. The van der Waals surface area contributed by atoms with E-state index in [1.165, 1.54) is 11.9 Å². The summed E-state index contributed by atoms with van der Waals surface area (Å²) in [4.78, 5) is 12.0. The summed E-state index contributed by atoms with van der Waals surface area (Å²) in [6, 6.07) is 7.73. The van der Waals surface area contributed by atoms with Gasteiger partial charge in [0.05, 0.1) is 0 Å². The Bertz CT molecular complexity index is 378. The number of carboxylic acid groups (broad SMARTS) is 1. The number of benzene rings is 1. The molecule has 2 rings (SSSR count). The topological polar surface area (TPSA) is 49.8 Å².